The summed E-state index contributed by atoms with van der Waals surface area (Å²) in [5.74, 6) is 1.47. The summed E-state index contributed by atoms with van der Waals surface area (Å²) in [6.45, 7) is 1.95. The average molecular weight is 370 g/mol. The minimum absolute atomic E-state index is 0.124. The third-order valence-corrected chi connectivity index (χ3v) is 3.91. The van der Waals surface area contributed by atoms with Crippen LogP contribution < -0.4 is 9.47 Å². The molecule has 7 heteroatoms. The molecule has 3 aromatic rings. The van der Waals surface area contributed by atoms with E-state index in [1.807, 2.05) is 19.1 Å². The Bertz CT molecular complexity index is 935. The van der Waals surface area contributed by atoms with E-state index in [0.29, 0.717) is 28.7 Å². The lowest BCUT2D eigenvalue weighted by molar-refractivity contribution is 0.109. The van der Waals surface area contributed by atoms with E-state index >= 15 is 0 Å². The van der Waals surface area contributed by atoms with Crippen molar-refractivity contribution in [2.24, 2.45) is 5.16 Å². The third kappa shape index (κ3) is 4.44. The van der Waals surface area contributed by atoms with Gasteiger partial charge in [-0.2, -0.15) is 0 Å². The molecule has 0 unspecified atom stereocenters. The molecule has 0 spiro atoms. The molecule has 3 rings (SSSR count). The van der Waals surface area contributed by atoms with Gasteiger partial charge in [0, 0.05) is 17.2 Å². The van der Waals surface area contributed by atoms with Gasteiger partial charge in [0.15, 0.2) is 23.9 Å². The molecule has 1 aromatic heterocycles. The minimum Gasteiger partial charge on any atom is -0.493 e. The number of hydrogen-bond acceptors (Lipinski definition) is 6. The van der Waals surface area contributed by atoms with Gasteiger partial charge in [-0.3, -0.25) is 0 Å². The monoisotopic (exact) mass is 370 g/mol. The number of oxime groups is 1. The van der Waals surface area contributed by atoms with Crippen LogP contribution in [0.2, 0.25) is 0 Å². The molecule has 27 heavy (non-hydrogen) atoms. The van der Waals surface area contributed by atoms with E-state index in [-0.39, 0.29) is 12.4 Å². The summed E-state index contributed by atoms with van der Waals surface area (Å²) in [7, 11) is 3.16. The zero-order valence-electron chi connectivity index (χ0n) is 15.2. The van der Waals surface area contributed by atoms with E-state index in [1.165, 1.54) is 12.1 Å². The van der Waals surface area contributed by atoms with E-state index in [2.05, 4.69) is 10.3 Å². The third-order valence-electron chi connectivity index (χ3n) is 3.91. The number of nitrogens with zero attached hydrogens (tertiary/aromatic N) is 2. The normalized spacial score (nSPS) is 11.3. The fourth-order valence-corrected chi connectivity index (χ4v) is 2.44. The predicted molar refractivity (Wildman–Crippen MR) is 98.4 cm³/mol. The van der Waals surface area contributed by atoms with Crippen LogP contribution in [0, 0.1) is 5.82 Å². The molecule has 1 heterocycles. The van der Waals surface area contributed by atoms with E-state index in [1.54, 1.807) is 38.5 Å². The number of halogens is 1. The van der Waals surface area contributed by atoms with Gasteiger partial charge in [-0.05, 0) is 49.4 Å². The SMILES string of the molecule is COc1ccc(C(C)=NOCc2cc(-c3ccc(F)cc3)no2)cc1OC. The zero-order chi connectivity index (χ0) is 19.2. The summed E-state index contributed by atoms with van der Waals surface area (Å²) in [6.07, 6.45) is 0. The summed E-state index contributed by atoms with van der Waals surface area (Å²) in [5.41, 5.74) is 2.89. The second kappa shape index (κ2) is 8.35. The Labute approximate surface area is 156 Å². The van der Waals surface area contributed by atoms with Gasteiger partial charge in [-0.25, -0.2) is 4.39 Å². The van der Waals surface area contributed by atoms with Crippen LogP contribution in [-0.2, 0) is 11.4 Å². The molecule has 140 valence electrons. The lowest BCUT2D eigenvalue weighted by Crippen LogP contribution is -1.99. The number of rotatable bonds is 7. The first kappa shape index (κ1) is 18.4. The maximum absolute atomic E-state index is 13.0. The van der Waals surface area contributed by atoms with Crippen molar-refractivity contribution in [2.75, 3.05) is 14.2 Å². The molecule has 0 saturated carbocycles. The van der Waals surface area contributed by atoms with E-state index in [4.69, 9.17) is 18.8 Å². The quantitative estimate of drug-likeness (QED) is 0.454. The second-order valence-corrected chi connectivity index (χ2v) is 5.71. The van der Waals surface area contributed by atoms with Crippen LogP contribution in [0.25, 0.3) is 11.3 Å². The van der Waals surface area contributed by atoms with Crippen LogP contribution in [0.4, 0.5) is 4.39 Å². The second-order valence-electron chi connectivity index (χ2n) is 5.71. The average Bonchev–Trinajstić information content (AvgIpc) is 3.16. The van der Waals surface area contributed by atoms with Gasteiger partial charge in [0.25, 0.3) is 0 Å². The van der Waals surface area contributed by atoms with E-state index < -0.39 is 0 Å². The Kier molecular flexibility index (Phi) is 5.71. The van der Waals surface area contributed by atoms with Crippen LogP contribution in [-0.4, -0.2) is 25.1 Å². The molecule has 0 N–H and O–H groups in total. The van der Waals surface area contributed by atoms with Crippen LogP contribution >= 0.6 is 0 Å². The molecule has 0 amide bonds. The first-order valence-electron chi connectivity index (χ1n) is 8.21. The molecule has 6 nitrogen and oxygen atoms in total. The fourth-order valence-electron chi connectivity index (χ4n) is 2.44. The highest BCUT2D eigenvalue weighted by molar-refractivity contribution is 5.98. The van der Waals surface area contributed by atoms with Crippen molar-refractivity contribution < 1.29 is 23.2 Å². The molecule has 0 fully saturated rings. The summed E-state index contributed by atoms with van der Waals surface area (Å²) in [6, 6.07) is 13.2. The Balaban J connectivity index is 1.64. The number of benzene rings is 2. The van der Waals surface area contributed by atoms with Gasteiger partial charge in [-0.1, -0.05) is 10.3 Å². The number of ether oxygens (including phenoxy) is 2. The Morgan fingerprint density at radius 3 is 2.48 bits per heavy atom. The van der Waals surface area contributed by atoms with Gasteiger partial charge in [0.05, 0.1) is 19.9 Å². The Hall–Kier alpha value is -3.35. The topological polar surface area (TPSA) is 66.1 Å². The van der Waals surface area contributed by atoms with Gasteiger partial charge >= 0.3 is 0 Å². The first-order chi connectivity index (χ1) is 13.1. The largest absolute Gasteiger partial charge is 0.493 e. The Morgan fingerprint density at radius 2 is 1.78 bits per heavy atom. The van der Waals surface area contributed by atoms with E-state index in [0.717, 1.165) is 11.1 Å². The number of aromatic nitrogens is 1. The molecule has 0 radical (unpaired) electrons. The molecule has 0 bridgehead atoms. The smallest absolute Gasteiger partial charge is 0.177 e. The number of hydrogen-bond donors (Lipinski definition) is 0. The summed E-state index contributed by atoms with van der Waals surface area (Å²) in [5, 5.41) is 8.05. The summed E-state index contributed by atoms with van der Waals surface area (Å²) >= 11 is 0. The van der Waals surface area contributed by atoms with Crippen molar-refractivity contribution in [2.45, 2.75) is 13.5 Å². The molecular weight excluding hydrogens is 351 g/mol. The molecular formula is C20H19FN2O4. The van der Waals surface area contributed by atoms with Crippen molar-refractivity contribution in [3.63, 3.8) is 0 Å². The molecule has 0 aliphatic carbocycles. The van der Waals surface area contributed by atoms with Crippen molar-refractivity contribution in [1.82, 2.24) is 5.16 Å². The van der Waals surface area contributed by atoms with Crippen molar-refractivity contribution >= 4 is 5.71 Å². The van der Waals surface area contributed by atoms with Gasteiger partial charge in [0.1, 0.15) is 11.5 Å². The van der Waals surface area contributed by atoms with Crippen LogP contribution in [0.15, 0.2) is 58.2 Å². The first-order valence-corrected chi connectivity index (χ1v) is 8.21. The Morgan fingerprint density at radius 1 is 1.04 bits per heavy atom. The highest BCUT2D eigenvalue weighted by atomic mass is 19.1. The van der Waals surface area contributed by atoms with Gasteiger partial charge in [0.2, 0.25) is 0 Å². The van der Waals surface area contributed by atoms with Crippen molar-refractivity contribution in [3.05, 3.63) is 65.7 Å². The molecule has 0 aliphatic heterocycles. The minimum atomic E-state index is -0.300. The predicted octanol–water partition coefficient (Wildman–Crippen LogP) is 4.44. The van der Waals surface area contributed by atoms with Crippen molar-refractivity contribution in [3.8, 4) is 22.8 Å². The maximum atomic E-state index is 13.0. The standard InChI is InChI=1S/C20H19FN2O4/c1-13(15-6-9-19(24-2)20(10-15)25-3)22-26-12-17-11-18(23-27-17)14-4-7-16(21)8-5-14/h4-11H,12H2,1-3H3. The molecule has 2 aromatic carbocycles. The van der Waals surface area contributed by atoms with Gasteiger partial charge < -0.3 is 18.8 Å². The zero-order valence-corrected chi connectivity index (χ0v) is 15.2. The lowest BCUT2D eigenvalue weighted by atomic mass is 10.1. The fraction of sp³-hybridized carbons (Fsp3) is 0.200. The number of methoxy groups -OCH3 is 2. The van der Waals surface area contributed by atoms with Gasteiger partial charge in [-0.15, -0.1) is 0 Å². The summed E-state index contributed by atoms with van der Waals surface area (Å²) < 4.78 is 28.7. The highest BCUT2D eigenvalue weighted by Crippen LogP contribution is 2.28. The maximum Gasteiger partial charge on any atom is 0.177 e. The van der Waals surface area contributed by atoms with Crippen molar-refractivity contribution in [1.29, 1.82) is 0 Å². The van der Waals surface area contributed by atoms with Crippen LogP contribution in [0.3, 0.4) is 0 Å². The molecule has 0 saturated heterocycles. The lowest BCUT2D eigenvalue weighted by Gasteiger charge is -2.09. The van der Waals surface area contributed by atoms with Crippen LogP contribution in [0.5, 0.6) is 11.5 Å². The van der Waals surface area contributed by atoms with Crippen LogP contribution in [0.1, 0.15) is 18.2 Å². The molecule has 0 aliphatic rings. The highest BCUT2D eigenvalue weighted by Gasteiger charge is 2.09. The molecule has 0 atom stereocenters. The summed E-state index contributed by atoms with van der Waals surface area (Å²) in [4.78, 5) is 5.36. The van der Waals surface area contributed by atoms with E-state index in [9.17, 15) is 4.39 Å².